The second-order valence-electron chi connectivity index (χ2n) is 6.56. The van der Waals surface area contributed by atoms with Crippen molar-refractivity contribution >= 4 is 16.8 Å². The highest BCUT2D eigenvalue weighted by molar-refractivity contribution is 6.04. The van der Waals surface area contributed by atoms with Crippen LogP contribution >= 0.6 is 0 Å². The number of hydrogen-bond acceptors (Lipinski definition) is 3. The Morgan fingerprint density at radius 3 is 2.87 bits per heavy atom. The number of para-hydroxylation sites is 1. The Morgan fingerprint density at radius 2 is 2.09 bits per heavy atom. The van der Waals surface area contributed by atoms with Crippen LogP contribution < -0.4 is 0 Å². The van der Waals surface area contributed by atoms with Gasteiger partial charge in [0.15, 0.2) is 5.69 Å². The zero-order valence-electron chi connectivity index (χ0n) is 13.3. The largest absolute Gasteiger partial charge is 0.370 e. The number of H-pyrrole nitrogens is 1. The number of fused-ring (bicyclic) bond motifs is 1. The summed E-state index contributed by atoms with van der Waals surface area (Å²) in [6, 6.07) is 7.75. The van der Waals surface area contributed by atoms with Gasteiger partial charge in [-0.25, -0.2) is 0 Å². The van der Waals surface area contributed by atoms with Gasteiger partial charge < -0.3 is 9.64 Å². The standard InChI is InChI=1S/C18H21N3O2/c1-13-6-11-23-18(12-13)7-9-21(10-8-18)17(22)16-14-4-2-3-5-15(14)19-20-16/h2-5,12H,6-11H2,1H3,(H,19,20). The fourth-order valence-corrected chi connectivity index (χ4v) is 3.63. The van der Waals surface area contributed by atoms with E-state index in [0.717, 1.165) is 36.8 Å². The third-order valence-electron chi connectivity index (χ3n) is 4.97. The van der Waals surface area contributed by atoms with Gasteiger partial charge in [0.25, 0.3) is 5.91 Å². The summed E-state index contributed by atoms with van der Waals surface area (Å²) in [6.45, 7) is 4.38. The van der Waals surface area contributed by atoms with Crippen molar-refractivity contribution in [1.82, 2.24) is 15.1 Å². The number of carbonyl (C=O) groups is 1. The SMILES string of the molecule is CC1=CC2(CCN(C(=O)c3n[nH]c4ccccc34)CC2)OCC1. The fraction of sp³-hybridized carbons (Fsp3) is 0.444. The van der Waals surface area contributed by atoms with Gasteiger partial charge >= 0.3 is 0 Å². The number of likely N-dealkylation sites (tertiary alicyclic amines) is 1. The number of amides is 1. The Morgan fingerprint density at radius 1 is 1.30 bits per heavy atom. The summed E-state index contributed by atoms with van der Waals surface area (Å²) in [4.78, 5) is 14.7. The minimum Gasteiger partial charge on any atom is -0.370 e. The Bertz CT molecular complexity index is 769. The van der Waals surface area contributed by atoms with Crippen molar-refractivity contribution in [2.45, 2.75) is 31.8 Å². The first-order chi connectivity index (χ1) is 11.2. The average Bonchev–Trinajstić information content (AvgIpc) is 2.99. The molecular formula is C18H21N3O2. The summed E-state index contributed by atoms with van der Waals surface area (Å²) in [5, 5.41) is 8.06. The van der Waals surface area contributed by atoms with Crippen molar-refractivity contribution in [3.05, 3.63) is 41.6 Å². The summed E-state index contributed by atoms with van der Waals surface area (Å²) in [5.41, 5.74) is 2.66. The van der Waals surface area contributed by atoms with E-state index >= 15 is 0 Å². The van der Waals surface area contributed by atoms with E-state index in [1.807, 2.05) is 29.2 Å². The fourth-order valence-electron chi connectivity index (χ4n) is 3.63. The number of piperidine rings is 1. The van der Waals surface area contributed by atoms with Crippen LogP contribution in [0.1, 0.15) is 36.7 Å². The lowest BCUT2D eigenvalue weighted by molar-refractivity contribution is -0.0522. The van der Waals surface area contributed by atoms with E-state index in [2.05, 4.69) is 23.2 Å². The van der Waals surface area contributed by atoms with Crippen molar-refractivity contribution < 1.29 is 9.53 Å². The topological polar surface area (TPSA) is 58.2 Å². The molecular weight excluding hydrogens is 290 g/mol. The molecule has 1 amide bonds. The van der Waals surface area contributed by atoms with Crippen LogP contribution in [-0.4, -0.2) is 46.3 Å². The first-order valence-corrected chi connectivity index (χ1v) is 8.22. The molecule has 120 valence electrons. The van der Waals surface area contributed by atoms with Crippen molar-refractivity contribution in [3.8, 4) is 0 Å². The maximum Gasteiger partial charge on any atom is 0.274 e. The normalized spacial score (nSPS) is 20.7. The molecule has 3 heterocycles. The second-order valence-corrected chi connectivity index (χ2v) is 6.56. The molecule has 5 nitrogen and oxygen atoms in total. The van der Waals surface area contributed by atoms with E-state index < -0.39 is 0 Å². The lowest BCUT2D eigenvalue weighted by Crippen LogP contribution is -2.48. The van der Waals surface area contributed by atoms with Gasteiger partial charge in [0.2, 0.25) is 0 Å². The van der Waals surface area contributed by atoms with E-state index in [-0.39, 0.29) is 11.5 Å². The van der Waals surface area contributed by atoms with Crippen molar-refractivity contribution in [2.24, 2.45) is 0 Å². The molecule has 1 aromatic heterocycles. The van der Waals surface area contributed by atoms with Crippen LogP contribution in [0.15, 0.2) is 35.9 Å². The van der Waals surface area contributed by atoms with Crippen molar-refractivity contribution in [3.63, 3.8) is 0 Å². The molecule has 1 aromatic carbocycles. The lowest BCUT2D eigenvalue weighted by atomic mass is 9.87. The van der Waals surface area contributed by atoms with E-state index in [1.54, 1.807) is 0 Å². The first-order valence-electron chi connectivity index (χ1n) is 8.22. The van der Waals surface area contributed by atoms with Crippen LogP contribution in [0.4, 0.5) is 0 Å². The van der Waals surface area contributed by atoms with Gasteiger partial charge in [-0.3, -0.25) is 9.89 Å². The highest BCUT2D eigenvalue weighted by atomic mass is 16.5. The average molecular weight is 311 g/mol. The Hall–Kier alpha value is -2.14. The molecule has 0 atom stereocenters. The predicted octanol–water partition coefficient (Wildman–Crippen LogP) is 2.90. The second kappa shape index (κ2) is 5.49. The van der Waals surface area contributed by atoms with Gasteiger partial charge in [-0.1, -0.05) is 29.8 Å². The summed E-state index contributed by atoms with van der Waals surface area (Å²) in [5.74, 6) is 0.00816. The zero-order chi connectivity index (χ0) is 15.9. The number of benzene rings is 1. The summed E-state index contributed by atoms with van der Waals surface area (Å²) < 4.78 is 6.03. The number of carbonyl (C=O) groups excluding carboxylic acids is 1. The molecule has 1 saturated heterocycles. The predicted molar refractivity (Wildman–Crippen MR) is 88.3 cm³/mol. The van der Waals surface area contributed by atoms with E-state index in [1.165, 1.54) is 5.57 Å². The van der Waals surface area contributed by atoms with Crippen LogP contribution in [0.5, 0.6) is 0 Å². The van der Waals surface area contributed by atoms with Crippen molar-refractivity contribution in [1.29, 1.82) is 0 Å². The first kappa shape index (κ1) is 14.5. The lowest BCUT2D eigenvalue weighted by Gasteiger charge is -2.42. The van der Waals surface area contributed by atoms with E-state index in [9.17, 15) is 4.79 Å². The molecule has 2 aromatic rings. The number of nitrogens with one attached hydrogen (secondary N) is 1. The van der Waals surface area contributed by atoms with Gasteiger partial charge in [0, 0.05) is 18.5 Å². The van der Waals surface area contributed by atoms with Crippen LogP contribution in [0.2, 0.25) is 0 Å². The van der Waals surface area contributed by atoms with Gasteiger partial charge in [-0.2, -0.15) is 5.10 Å². The molecule has 0 aliphatic carbocycles. The molecule has 1 fully saturated rings. The maximum atomic E-state index is 12.8. The van der Waals surface area contributed by atoms with Gasteiger partial charge in [0.1, 0.15) is 0 Å². The maximum absolute atomic E-state index is 12.8. The Kier molecular flexibility index (Phi) is 3.45. The molecule has 0 unspecified atom stereocenters. The van der Waals surface area contributed by atoms with Crippen LogP contribution in [-0.2, 0) is 4.74 Å². The monoisotopic (exact) mass is 311 g/mol. The van der Waals surface area contributed by atoms with Crippen LogP contribution in [0.25, 0.3) is 10.9 Å². The zero-order valence-corrected chi connectivity index (χ0v) is 13.3. The van der Waals surface area contributed by atoms with Crippen LogP contribution in [0.3, 0.4) is 0 Å². The third-order valence-corrected chi connectivity index (χ3v) is 4.97. The number of ether oxygens (including phenoxy) is 1. The molecule has 23 heavy (non-hydrogen) atoms. The minimum atomic E-state index is -0.160. The molecule has 0 saturated carbocycles. The highest BCUT2D eigenvalue weighted by Gasteiger charge is 2.37. The number of rotatable bonds is 1. The van der Waals surface area contributed by atoms with Gasteiger partial charge in [-0.05, 0) is 32.3 Å². The quantitative estimate of drug-likeness (QED) is 0.824. The van der Waals surface area contributed by atoms with E-state index in [4.69, 9.17) is 4.74 Å². The number of aromatic nitrogens is 2. The Labute approximate surface area is 135 Å². The number of hydrogen-bond donors (Lipinski definition) is 1. The smallest absolute Gasteiger partial charge is 0.274 e. The molecule has 1 N–H and O–H groups in total. The summed E-state index contributed by atoms with van der Waals surface area (Å²) >= 11 is 0. The summed E-state index contributed by atoms with van der Waals surface area (Å²) in [6.07, 6.45) is 5.00. The molecule has 0 radical (unpaired) electrons. The molecule has 1 spiro atoms. The third kappa shape index (κ3) is 2.55. The van der Waals surface area contributed by atoms with Crippen molar-refractivity contribution in [2.75, 3.05) is 19.7 Å². The number of aromatic amines is 1. The highest BCUT2D eigenvalue weighted by Crippen LogP contribution is 2.33. The minimum absolute atomic E-state index is 0.00816. The summed E-state index contributed by atoms with van der Waals surface area (Å²) in [7, 11) is 0. The van der Waals surface area contributed by atoms with E-state index in [0.29, 0.717) is 18.8 Å². The molecule has 2 aliphatic rings. The molecule has 0 bridgehead atoms. The Balaban J connectivity index is 1.52. The van der Waals surface area contributed by atoms with Gasteiger partial charge in [0.05, 0.1) is 17.7 Å². The number of nitrogens with zero attached hydrogens (tertiary/aromatic N) is 2. The molecule has 2 aliphatic heterocycles. The van der Waals surface area contributed by atoms with Crippen LogP contribution in [0, 0.1) is 0 Å². The molecule has 4 rings (SSSR count). The van der Waals surface area contributed by atoms with Gasteiger partial charge in [-0.15, -0.1) is 0 Å². The molecule has 5 heteroatoms.